The summed E-state index contributed by atoms with van der Waals surface area (Å²) >= 11 is 0. The van der Waals surface area contributed by atoms with Gasteiger partial charge < -0.3 is 14.3 Å². The van der Waals surface area contributed by atoms with E-state index in [2.05, 4.69) is 5.32 Å². The van der Waals surface area contributed by atoms with Gasteiger partial charge in [-0.25, -0.2) is 0 Å². The van der Waals surface area contributed by atoms with Crippen molar-refractivity contribution in [3.63, 3.8) is 0 Å². The maximum Gasteiger partial charge on any atom is 0.196 e. The SMILES string of the molecule is Cc1cc(=O)c2c(O)cc3c(c2o1)[C@H]1CCN[C@H](C1)O3. The quantitative estimate of drug-likeness (QED) is 0.768. The molecular formula is C15H15NO4. The molecule has 1 aromatic carbocycles. The van der Waals surface area contributed by atoms with Crippen LogP contribution in [0.5, 0.6) is 11.5 Å². The van der Waals surface area contributed by atoms with E-state index in [0.717, 1.165) is 24.9 Å². The standard InChI is InChI=1S/C15H15NO4/c1-7-4-9(17)14-10(18)6-11-13(15(14)19-7)8-2-3-16-12(5-8)20-11/h4,6,8,12,16,18H,2-3,5H2,1H3/t8-,12-/m0/s1. The van der Waals surface area contributed by atoms with Crippen molar-refractivity contribution < 1.29 is 14.3 Å². The van der Waals surface area contributed by atoms with Gasteiger partial charge in [-0.05, 0) is 25.8 Å². The molecule has 5 heteroatoms. The summed E-state index contributed by atoms with van der Waals surface area (Å²) < 4.78 is 11.6. The van der Waals surface area contributed by atoms with E-state index in [9.17, 15) is 9.90 Å². The van der Waals surface area contributed by atoms with E-state index in [1.54, 1.807) is 6.92 Å². The molecule has 2 aliphatic rings. The van der Waals surface area contributed by atoms with Crippen molar-refractivity contribution in [2.24, 2.45) is 0 Å². The van der Waals surface area contributed by atoms with Gasteiger partial charge in [0.2, 0.25) is 0 Å². The van der Waals surface area contributed by atoms with Crippen LogP contribution in [0.25, 0.3) is 11.0 Å². The van der Waals surface area contributed by atoms with Crippen LogP contribution in [0.1, 0.15) is 30.1 Å². The molecular weight excluding hydrogens is 258 g/mol. The van der Waals surface area contributed by atoms with Gasteiger partial charge in [0.15, 0.2) is 11.7 Å². The molecule has 0 amide bonds. The monoisotopic (exact) mass is 273 g/mol. The van der Waals surface area contributed by atoms with Crippen LogP contribution in [0, 0.1) is 6.92 Å². The van der Waals surface area contributed by atoms with Crippen LogP contribution in [0.2, 0.25) is 0 Å². The average molecular weight is 273 g/mol. The molecule has 1 aromatic heterocycles. The van der Waals surface area contributed by atoms with Crippen molar-refractivity contribution in [3.05, 3.63) is 33.7 Å². The fourth-order valence-corrected chi connectivity index (χ4v) is 3.30. The highest BCUT2D eigenvalue weighted by Crippen LogP contribution is 2.45. The third-order valence-electron chi connectivity index (χ3n) is 4.15. The van der Waals surface area contributed by atoms with Crippen LogP contribution in [0.4, 0.5) is 0 Å². The third kappa shape index (κ3) is 1.56. The lowest BCUT2D eigenvalue weighted by Gasteiger charge is -2.37. The molecule has 2 aliphatic heterocycles. The smallest absolute Gasteiger partial charge is 0.196 e. The minimum absolute atomic E-state index is 0.0189. The number of benzene rings is 1. The number of aromatic hydroxyl groups is 1. The minimum atomic E-state index is -0.208. The molecule has 2 bridgehead atoms. The number of ether oxygens (including phenoxy) is 1. The molecule has 5 nitrogen and oxygen atoms in total. The third-order valence-corrected chi connectivity index (χ3v) is 4.15. The average Bonchev–Trinajstić information content (AvgIpc) is 2.37. The van der Waals surface area contributed by atoms with Crippen molar-refractivity contribution in [1.29, 1.82) is 0 Å². The maximum atomic E-state index is 12.1. The lowest BCUT2D eigenvalue weighted by molar-refractivity contribution is 0.0992. The highest BCUT2D eigenvalue weighted by atomic mass is 16.5. The van der Waals surface area contributed by atoms with E-state index >= 15 is 0 Å². The normalized spacial score (nSPS) is 24.2. The Bertz CT molecular complexity index is 765. The summed E-state index contributed by atoms with van der Waals surface area (Å²) in [6.07, 6.45) is 1.82. The summed E-state index contributed by atoms with van der Waals surface area (Å²) in [6, 6.07) is 2.94. The highest BCUT2D eigenvalue weighted by molar-refractivity contribution is 5.88. The number of fused-ring (bicyclic) bond motifs is 6. The van der Waals surface area contributed by atoms with Crippen LogP contribution >= 0.6 is 0 Å². The molecule has 3 heterocycles. The Morgan fingerprint density at radius 2 is 2.25 bits per heavy atom. The second-order valence-electron chi connectivity index (χ2n) is 5.51. The molecule has 0 unspecified atom stereocenters. The van der Waals surface area contributed by atoms with Crippen molar-refractivity contribution >= 4 is 11.0 Å². The second kappa shape index (κ2) is 3.99. The van der Waals surface area contributed by atoms with Gasteiger partial charge in [0, 0.05) is 24.1 Å². The van der Waals surface area contributed by atoms with Gasteiger partial charge in [0.25, 0.3) is 0 Å². The topological polar surface area (TPSA) is 71.7 Å². The largest absolute Gasteiger partial charge is 0.507 e. The summed E-state index contributed by atoms with van der Waals surface area (Å²) in [5.74, 6) is 1.40. The number of aryl methyl sites for hydroxylation is 1. The van der Waals surface area contributed by atoms with Gasteiger partial charge >= 0.3 is 0 Å². The Balaban J connectivity index is 2.10. The Labute approximate surface area is 115 Å². The molecule has 2 atom stereocenters. The van der Waals surface area contributed by atoms with Crippen molar-refractivity contribution in [3.8, 4) is 11.5 Å². The van der Waals surface area contributed by atoms with Crippen molar-refractivity contribution in [2.75, 3.05) is 6.54 Å². The van der Waals surface area contributed by atoms with Crippen LogP contribution in [-0.4, -0.2) is 17.9 Å². The Hall–Kier alpha value is -2.01. The number of hydrogen-bond donors (Lipinski definition) is 2. The lowest BCUT2D eigenvalue weighted by Crippen LogP contribution is -2.44. The fourth-order valence-electron chi connectivity index (χ4n) is 3.30. The molecule has 1 fully saturated rings. The zero-order valence-electron chi connectivity index (χ0n) is 11.1. The fraction of sp³-hybridized carbons (Fsp3) is 0.400. The van der Waals surface area contributed by atoms with E-state index < -0.39 is 0 Å². The van der Waals surface area contributed by atoms with E-state index in [0.29, 0.717) is 23.0 Å². The summed E-state index contributed by atoms with van der Waals surface area (Å²) in [4.78, 5) is 12.1. The zero-order chi connectivity index (χ0) is 13.9. The minimum Gasteiger partial charge on any atom is -0.507 e. The number of piperidine rings is 1. The van der Waals surface area contributed by atoms with E-state index in [4.69, 9.17) is 9.15 Å². The molecule has 4 rings (SSSR count). The van der Waals surface area contributed by atoms with Crippen LogP contribution in [0.15, 0.2) is 21.3 Å². The lowest BCUT2D eigenvalue weighted by atomic mass is 9.85. The summed E-state index contributed by atoms with van der Waals surface area (Å²) in [5.41, 5.74) is 1.20. The van der Waals surface area contributed by atoms with Crippen LogP contribution in [0.3, 0.4) is 0 Å². The molecule has 2 aromatic rings. The molecule has 20 heavy (non-hydrogen) atoms. The van der Waals surface area contributed by atoms with Crippen molar-refractivity contribution in [1.82, 2.24) is 5.32 Å². The first-order valence-corrected chi connectivity index (χ1v) is 6.84. The summed E-state index contributed by atoms with van der Waals surface area (Å²) in [7, 11) is 0. The van der Waals surface area contributed by atoms with E-state index in [-0.39, 0.29) is 22.8 Å². The number of phenols is 1. The van der Waals surface area contributed by atoms with E-state index in [1.807, 2.05) is 0 Å². The van der Waals surface area contributed by atoms with Gasteiger partial charge in [-0.3, -0.25) is 10.1 Å². The Kier molecular flexibility index (Phi) is 2.35. The maximum absolute atomic E-state index is 12.1. The van der Waals surface area contributed by atoms with Gasteiger partial charge in [-0.15, -0.1) is 0 Å². The number of hydrogen-bond acceptors (Lipinski definition) is 5. The number of rotatable bonds is 0. The number of nitrogens with one attached hydrogen (secondary N) is 1. The Morgan fingerprint density at radius 3 is 3.10 bits per heavy atom. The molecule has 0 radical (unpaired) electrons. The molecule has 0 aliphatic carbocycles. The zero-order valence-corrected chi connectivity index (χ0v) is 11.1. The van der Waals surface area contributed by atoms with Crippen LogP contribution in [-0.2, 0) is 0 Å². The molecule has 0 saturated carbocycles. The van der Waals surface area contributed by atoms with Crippen molar-refractivity contribution in [2.45, 2.75) is 31.9 Å². The highest BCUT2D eigenvalue weighted by Gasteiger charge is 2.35. The summed E-state index contributed by atoms with van der Waals surface area (Å²) in [5, 5.41) is 13.6. The molecule has 2 N–H and O–H groups in total. The van der Waals surface area contributed by atoms with E-state index in [1.165, 1.54) is 12.1 Å². The summed E-state index contributed by atoms with van der Waals surface area (Å²) in [6.45, 7) is 2.62. The van der Waals surface area contributed by atoms with Gasteiger partial charge in [0.1, 0.15) is 28.2 Å². The second-order valence-corrected chi connectivity index (χ2v) is 5.51. The Morgan fingerprint density at radius 1 is 1.40 bits per heavy atom. The van der Waals surface area contributed by atoms with Gasteiger partial charge in [-0.2, -0.15) is 0 Å². The number of phenolic OH excluding ortho intramolecular Hbond substituents is 1. The first-order valence-electron chi connectivity index (χ1n) is 6.84. The van der Waals surface area contributed by atoms with Gasteiger partial charge in [-0.1, -0.05) is 0 Å². The molecule has 0 spiro atoms. The molecule has 104 valence electrons. The first-order chi connectivity index (χ1) is 9.63. The predicted octanol–water partition coefficient (Wildman–Crippen LogP) is 1.99. The molecule has 1 saturated heterocycles. The predicted molar refractivity (Wildman–Crippen MR) is 73.3 cm³/mol. The van der Waals surface area contributed by atoms with Crippen LogP contribution < -0.4 is 15.5 Å². The first kappa shape index (κ1) is 11.8. The van der Waals surface area contributed by atoms with Gasteiger partial charge in [0.05, 0.1) is 0 Å².